The molecule has 59 valence electrons. The highest BCUT2D eigenvalue weighted by Crippen LogP contribution is 2.21. The monoisotopic (exact) mass is 180 g/mol. The largest absolute Gasteiger partial charge is 0.256 e. The average molecular weight is 181 g/mol. The van der Waals surface area contributed by atoms with E-state index in [1.165, 1.54) is 18.3 Å². The Hall–Kier alpha value is -1.15. The summed E-state index contributed by atoms with van der Waals surface area (Å²) < 4.78 is 12.7. The van der Waals surface area contributed by atoms with E-state index in [4.69, 9.17) is 11.6 Å². The van der Waals surface area contributed by atoms with E-state index in [0.717, 1.165) is 0 Å². The third kappa shape index (κ3) is 1.14. The molecule has 3 heteroatoms. The van der Waals surface area contributed by atoms with Gasteiger partial charge >= 0.3 is 0 Å². The second-order valence-corrected chi connectivity index (χ2v) is 2.76. The molecule has 0 fully saturated rings. The highest BCUT2D eigenvalue weighted by atomic mass is 35.5. The zero-order chi connectivity index (χ0) is 8.55. The molecule has 0 saturated heterocycles. The first-order chi connectivity index (χ1) is 5.77. The summed E-state index contributed by atoms with van der Waals surface area (Å²) in [5.41, 5.74) is 0.681. The molecule has 0 spiro atoms. The molecule has 0 unspecified atom stereocenters. The van der Waals surface area contributed by atoms with Crippen LogP contribution >= 0.6 is 11.6 Å². The van der Waals surface area contributed by atoms with E-state index < -0.39 is 0 Å². The number of hydrogen-bond acceptors (Lipinski definition) is 1. The molecule has 2 rings (SSSR count). The molecule has 1 nitrogen and oxygen atoms in total. The van der Waals surface area contributed by atoms with Crippen LogP contribution < -0.4 is 0 Å². The third-order valence-electron chi connectivity index (χ3n) is 1.59. The second kappa shape index (κ2) is 2.72. The summed E-state index contributed by atoms with van der Waals surface area (Å²) in [5.74, 6) is -0.314. The highest BCUT2D eigenvalue weighted by Gasteiger charge is 2.00. The predicted molar refractivity (Wildman–Crippen MR) is 45.5 cm³/mol. The summed E-state index contributed by atoms with van der Waals surface area (Å²) in [7, 11) is 0. The SMILES string of the molecule is Fc1ccc2nc[c]c(Cl)c2c1. The molecule has 0 bridgehead atoms. The number of fused-ring (bicyclic) bond motifs is 1. The lowest BCUT2D eigenvalue weighted by Gasteiger charge is -1.97. The quantitative estimate of drug-likeness (QED) is 0.608. The molecule has 1 heterocycles. The molecule has 0 aliphatic rings. The molecule has 0 saturated carbocycles. The predicted octanol–water partition coefficient (Wildman–Crippen LogP) is 2.83. The van der Waals surface area contributed by atoms with Crippen molar-refractivity contribution in [3.63, 3.8) is 0 Å². The summed E-state index contributed by atoms with van der Waals surface area (Å²) in [6, 6.07) is 6.98. The van der Waals surface area contributed by atoms with Gasteiger partial charge in [-0.15, -0.1) is 0 Å². The van der Waals surface area contributed by atoms with Gasteiger partial charge in [-0.3, -0.25) is 4.98 Å². The van der Waals surface area contributed by atoms with Gasteiger partial charge in [0.2, 0.25) is 0 Å². The van der Waals surface area contributed by atoms with Gasteiger partial charge in [-0.25, -0.2) is 4.39 Å². The number of pyridine rings is 1. The number of benzene rings is 1. The first-order valence-electron chi connectivity index (χ1n) is 3.39. The van der Waals surface area contributed by atoms with E-state index in [2.05, 4.69) is 11.1 Å². The standard InChI is InChI=1S/C9H4ClFN/c10-8-3-4-12-9-2-1-6(11)5-7(8)9/h1-2,4-5H. The average Bonchev–Trinajstić information content (AvgIpc) is 2.07. The van der Waals surface area contributed by atoms with Crippen LogP contribution in [0, 0.1) is 11.9 Å². The molecule has 1 radical (unpaired) electrons. The highest BCUT2D eigenvalue weighted by molar-refractivity contribution is 6.35. The molecule has 0 aliphatic heterocycles. The Balaban J connectivity index is 2.88. The van der Waals surface area contributed by atoms with Crippen molar-refractivity contribution in [3.05, 3.63) is 41.3 Å². The minimum Gasteiger partial charge on any atom is -0.256 e. The van der Waals surface area contributed by atoms with Crippen molar-refractivity contribution in [1.29, 1.82) is 0 Å². The first kappa shape index (κ1) is 7.50. The van der Waals surface area contributed by atoms with Gasteiger partial charge in [0.05, 0.1) is 10.5 Å². The lowest BCUT2D eigenvalue weighted by Crippen LogP contribution is -1.80. The van der Waals surface area contributed by atoms with Crippen molar-refractivity contribution >= 4 is 22.5 Å². The minimum absolute atomic E-state index is 0.314. The Bertz CT molecular complexity index is 428. The minimum atomic E-state index is -0.314. The van der Waals surface area contributed by atoms with Crippen LogP contribution in [0.15, 0.2) is 24.4 Å². The van der Waals surface area contributed by atoms with E-state index >= 15 is 0 Å². The molecule has 12 heavy (non-hydrogen) atoms. The van der Waals surface area contributed by atoms with Crippen LogP contribution in [0.5, 0.6) is 0 Å². The maximum Gasteiger partial charge on any atom is 0.124 e. The molecule has 1 aromatic heterocycles. The summed E-state index contributed by atoms with van der Waals surface area (Å²) in [5, 5.41) is 0.999. The van der Waals surface area contributed by atoms with Crippen LogP contribution in [0.2, 0.25) is 5.02 Å². The van der Waals surface area contributed by atoms with Gasteiger partial charge in [-0.2, -0.15) is 0 Å². The molecule has 1 aromatic carbocycles. The number of rotatable bonds is 0. The van der Waals surface area contributed by atoms with Crippen molar-refractivity contribution < 1.29 is 4.39 Å². The van der Waals surface area contributed by atoms with Crippen LogP contribution in [0.1, 0.15) is 0 Å². The van der Waals surface area contributed by atoms with E-state index in [1.54, 1.807) is 6.07 Å². The molecule has 2 aromatic rings. The number of hydrogen-bond donors (Lipinski definition) is 0. The Labute approximate surface area is 73.8 Å². The van der Waals surface area contributed by atoms with Gasteiger partial charge in [0.1, 0.15) is 5.82 Å². The lowest BCUT2D eigenvalue weighted by molar-refractivity contribution is 0.629. The molecule has 0 amide bonds. The Kier molecular flexibility index (Phi) is 1.70. The summed E-state index contributed by atoms with van der Waals surface area (Å²) in [6.07, 6.45) is 1.47. The fraction of sp³-hybridized carbons (Fsp3) is 0. The van der Waals surface area contributed by atoms with Gasteiger partial charge in [0.15, 0.2) is 0 Å². The number of halogens is 2. The van der Waals surface area contributed by atoms with Crippen molar-refractivity contribution in [2.24, 2.45) is 0 Å². The second-order valence-electron chi connectivity index (χ2n) is 2.38. The molecule has 0 N–H and O–H groups in total. The smallest absolute Gasteiger partial charge is 0.124 e. The zero-order valence-electron chi connectivity index (χ0n) is 6.01. The van der Waals surface area contributed by atoms with Crippen LogP contribution in [0.4, 0.5) is 4.39 Å². The topological polar surface area (TPSA) is 12.9 Å². The number of nitrogens with zero attached hydrogens (tertiary/aromatic N) is 1. The summed E-state index contributed by atoms with van der Waals surface area (Å²) >= 11 is 5.77. The first-order valence-corrected chi connectivity index (χ1v) is 3.76. The van der Waals surface area contributed by atoms with Crippen LogP contribution in [-0.4, -0.2) is 4.98 Å². The van der Waals surface area contributed by atoms with Gasteiger partial charge in [-0.1, -0.05) is 11.6 Å². The Morgan fingerprint density at radius 3 is 3.08 bits per heavy atom. The lowest BCUT2D eigenvalue weighted by atomic mass is 10.2. The van der Waals surface area contributed by atoms with E-state index in [1.807, 2.05) is 0 Å². The van der Waals surface area contributed by atoms with E-state index in [0.29, 0.717) is 15.9 Å². The van der Waals surface area contributed by atoms with Gasteiger partial charge in [0, 0.05) is 17.6 Å². The fourth-order valence-corrected chi connectivity index (χ4v) is 1.23. The Morgan fingerprint density at radius 2 is 2.25 bits per heavy atom. The fourth-order valence-electron chi connectivity index (χ4n) is 1.03. The molecular formula is C9H4ClFN. The van der Waals surface area contributed by atoms with Crippen LogP contribution in [0.25, 0.3) is 10.9 Å². The van der Waals surface area contributed by atoms with E-state index in [9.17, 15) is 4.39 Å². The van der Waals surface area contributed by atoms with Crippen molar-refractivity contribution in [3.8, 4) is 0 Å². The molecular weight excluding hydrogens is 177 g/mol. The zero-order valence-corrected chi connectivity index (χ0v) is 6.77. The van der Waals surface area contributed by atoms with Gasteiger partial charge in [-0.05, 0) is 18.2 Å². The van der Waals surface area contributed by atoms with Crippen molar-refractivity contribution in [1.82, 2.24) is 4.98 Å². The summed E-state index contributed by atoms with van der Waals surface area (Å²) in [6.45, 7) is 0. The Morgan fingerprint density at radius 1 is 1.42 bits per heavy atom. The summed E-state index contributed by atoms with van der Waals surface area (Å²) in [4.78, 5) is 3.98. The van der Waals surface area contributed by atoms with Crippen LogP contribution in [0.3, 0.4) is 0 Å². The van der Waals surface area contributed by atoms with Gasteiger partial charge < -0.3 is 0 Å². The number of aromatic nitrogens is 1. The van der Waals surface area contributed by atoms with Gasteiger partial charge in [0.25, 0.3) is 0 Å². The third-order valence-corrected chi connectivity index (χ3v) is 1.90. The van der Waals surface area contributed by atoms with Crippen molar-refractivity contribution in [2.75, 3.05) is 0 Å². The van der Waals surface area contributed by atoms with Crippen LogP contribution in [-0.2, 0) is 0 Å². The van der Waals surface area contributed by atoms with Crippen molar-refractivity contribution in [2.45, 2.75) is 0 Å². The molecule has 0 aliphatic carbocycles. The normalized spacial score (nSPS) is 10.5. The maximum absolute atomic E-state index is 12.7. The molecule has 0 atom stereocenters. The van der Waals surface area contributed by atoms with E-state index in [-0.39, 0.29) is 5.82 Å². The maximum atomic E-state index is 12.7.